The highest BCUT2D eigenvalue weighted by molar-refractivity contribution is 6.31. The molecule has 0 atom stereocenters. The number of hydrogen-bond acceptors (Lipinski definition) is 2. The Morgan fingerprint density at radius 3 is 2.75 bits per heavy atom. The van der Waals surface area contributed by atoms with Crippen LogP contribution in [0, 0.1) is 0 Å². The average molecular weight is 299 g/mol. The van der Waals surface area contributed by atoms with E-state index in [1.165, 1.54) is 6.42 Å². The van der Waals surface area contributed by atoms with Gasteiger partial charge in [-0.05, 0) is 25.8 Å². The zero-order valence-corrected chi connectivity index (χ0v) is 12.8. The first-order valence-corrected chi connectivity index (χ1v) is 7.82. The normalized spacial score (nSPS) is 16.4. The summed E-state index contributed by atoms with van der Waals surface area (Å²) in [6.45, 7) is 3.11. The Hall–Kier alpha value is -1.00. The van der Waals surface area contributed by atoms with E-state index in [1.54, 1.807) is 12.3 Å². The molecule has 0 spiro atoms. The summed E-state index contributed by atoms with van der Waals surface area (Å²) < 4.78 is 1.87. The molecule has 0 aliphatic heterocycles. The van der Waals surface area contributed by atoms with Gasteiger partial charge in [-0.15, -0.1) is 0 Å². The minimum Gasteiger partial charge on any atom is -0.395 e. The van der Waals surface area contributed by atoms with Gasteiger partial charge in [0.1, 0.15) is 5.69 Å². The van der Waals surface area contributed by atoms with Crippen LogP contribution < -0.4 is 0 Å². The number of aryl methyl sites for hydroxylation is 1. The predicted molar refractivity (Wildman–Crippen MR) is 80.1 cm³/mol. The molecular formula is C15H23ClN2O2. The zero-order valence-electron chi connectivity index (χ0n) is 12.0. The molecule has 20 heavy (non-hydrogen) atoms. The van der Waals surface area contributed by atoms with E-state index < -0.39 is 0 Å². The summed E-state index contributed by atoms with van der Waals surface area (Å²) in [6, 6.07) is 1.98. The second-order valence-electron chi connectivity index (χ2n) is 5.34. The number of amides is 1. The van der Waals surface area contributed by atoms with E-state index in [9.17, 15) is 9.90 Å². The van der Waals surface area contributed by atoms with Crippen LogP contribution in [-0.4, -0.2) is 39.7 Å². The molecule has 5 heteroatoms. The zero-order chi connectivity index (χ0) is 14.5. The number of halogens is 1. The number of aromatic nitrogens is 1. The van der Waals surface area contributed by atoms with E-state index in [1.807, 2.05) is 16.4 Å². The second-order valence-corrected chi connectivity index (χ2v) is 5.78. The third-order valence-electron chi connectivity index (χ3n) is 4.04. The Morgan fingerprint density at radius 2 is 2.15 bits per heavy atom. The van der Waals surface area contributed by atoms with Gasteiger partial charge in [-0.2, -0.15) is 0 Å². The molecule has 1 saturated carbocycles. The first-order chi connectivity index (χ1) is 9.67. The standard InChI is InChI=1S/C15H23ClN2O2/c1-2-17-11-12(16)10-14(17)15(20)18(8-9-19)13-6-4-3-5-7-13/h10-11,13,19H,2-9H2,1H3. The van der Waals surface area contributed by atoms with Gasteiger partial charge in [0, 0.05) is 25.3 Å². The molecule has 0 radical (unpaired) electrons. The molecule has 1 aromatic rings. The molecule has 0 bridgehead atoms. The molecule has 0 saturated heterocycles. The Balaban J connectivity index is 2.20. The molecule has 1 aromatic heterocycles. The molecule has 1 aliphatic rings. The lowest BCUT2D eigenvalue weighted by Gasteiger charge is -2.34. The van der Waals surface area contributed by atoms with Crippen molar-refractivity contribution in [3.63, 3.8) is 0 Å². The molecule has 2 rings (SSSR count). The van der Waals surface area contributed by atoms with E-state index in [-0.39, 0.29) is 18.6 Å². The van der Waals surface area contributed by atoms with Gasteiger partial charge < -0.3 is 14.6 Å². The summed E-state index contributed by atoms with van der Waals surface area (Å²) in [5.41, 5.74) is 0.622. The van der Waals surface area contributed by atoms with Crippen LogP contribution in [-0.2, 0) is 6.54 Å². The van der Waals surface area contributed by atoms with Crippen molar-refractivity contribution in [2.45, 2.75) is 51.6 Å². The van der Waals surface area contributed by atoms with Crippen LogP contribution in [0.5, 0.6) is 0 Å². The fourth-order valence-electron chi connectivity index (χ4n) is 3.01. The lowest BCUT2D eigenvalue weighted by atomic mass is 9.94. The van der Waals surface area contributed by atoms with Crippen molar-refractivity contribution in [2.75, 3.05) is 13.2 Å². The maximum atomic E-state index is 12.8. The minimum atomic E-state index is -0.0142. The van der Waals surface area contributed by atoms with Crippen molar-refractivity contribution in [2.24, 2.45) is 0 Å². The molecule has 1 N–H and O–H groups in total. The Labute approximate surface area is 125 Å². The fraction of sp³-hybridized carbons (Fsp3) is 0.667. The highest BCUT2D eigenvalue weighted by Gasteiger charge is 2.27. The summed E-state index contributed by atoms with van der Waals surface area (Å²) >= 11 is 6.01. The first kappa shape index (κ1) is 15.4. The van der Waals surface area contributed by atoms with Gasteiger partial charge in [0.15, 0.2) is 0 Å². The van der Waals surface area contributed by atoms with Crippen molar-refractivity contribution in [1.82, 2.24) is 9.47 Å². The van der Waals surface area contributed by atoms with Crippen molar-refractivity contribution in [1.29, 1.82) is 0 Å². The van der Waals surface area contributed by atoms with Crippen LogP contribution in [0.4, 0.5) is 0 Å². The monoisotopic (exact) mass is 298 g/mol. The van der Waals surface area contributed by atoms with Crippen LogP contribution in [0.1, 0.15) is 49.5 Å². The number of carbonyl (C=O) groups is 1. The molecule has 1 fully saturated rings. The summed E-state index contributed by atoms with van der Waals surface area (Å²) in [6.07, 6.45) is 7.42. The molecular weight excluding hydrogens is 276 g/mol. The van der Waals surface area contributed by atoms with Gasteiger partial charge in [0.2, 0.25) is 0 Å². The maximum Gasteiger partial charge on any atom is 0.270 e. The van der Waals surface area contributed by atoms with Crippen molar-refractivity contribution < 1.29 is 9.90 Å². The van der Waals surface area contributed by atoms with E-state index in [4.69, 9.17) is 11.6 Å². The van der Waals surface area contributed by atoms with Gasteiger partial charge in [-0.1, -0.05) is 30.9 Å². The Bertz CT molecular complexity index is 453. The number of carbonyl (C=O) groups excluding carboxylic acids is 1. The third kappa shape index (κ3) is 3.36. The second kappa shape index (κ2) is 7.14. The lowest BCUT2D eigenvalue weighted by molar-refractivity contribution is 0.0574. The van der Waals surface area contributed by atoms with Crippen molar-refractivity contribution >= 4 is 17.5 Å². The van der Waals surface area contributed by atoms with Crippen LogP contribution in [0.25, 0.3) is 0 Å². The molecule has 1 heterocycles. The summed E-state index contributed by atoms with van der Waals surface area (Å²) in [5, 5.41) is 9.85. The molecule has 1 amide bonds. The molecule has 4 nitrogen and oxygen atoms in total. The van der Waals surface area contributed by atoms with E-state index in [2.05, 4.69) is 0 Å². The summed E-state index contributed by atoms with van der Waals surface area (Å²) in [5.74, 6) is -0.0142. The van der Waals surface area contributed by atoms with Crippen LogP contribution >= 0.6 is 11.6 Å². The summed E-state index contributed by atoms with van der Waals surface area (Å²) in [4.78, 5) is 14.6. The van der Waals surface area contributed by atoms with Gasteiger partial charge in [-0.25, -0.2) is 0 Å². The number of nitrogens with zero attached hydrogens (tertiary/aromatic N) is 2. The minimum absolute atomic E-state index is 0.00278. The average Bonchev–Trinajstić information content (AvgIpc) is 2.86. The highest BCUT2D eigenvalue weighted by atomic mass is 35.5. The maximum absolute atomic E-state index is 12.8. The number of aliphatic hydroxyl groups excluding tert-OH is 1. The largest absolute Gasteiger partial charge is 0.395 e. The van der Waals surface area contributed by atoms with Crippen molar-refractivity contribution in [3.8, 4) is 0 Å². The number of hydrogen-bond donors (Lipinski definition) is 1. The van der Waals surface area contributed by atoms with Gasteiger partial charge in [0.25, 0.3) is 5.91 Å². The van der Waals surface area contributed by atoms with Crippen LogP contribution in [0.3, 0.4) is 0 Å². The van der Waals surface area contributed by atoms with E-state index in [0.29, 0.717) is 23.8 Å². The van der Waals surface area contributed by atoms with Gasteiger partial charge in [-0.3, -0.25) is 4.79 Å². The first-order valence-electron chi connectivity index (χ1n) is 7.45. The van der Waals surface area contributed by atoms with E-state index >= 15 is 0 Å². The summed E-state index contributed by atoms with van der Waals surface area (Å²) in [7, 11) is 0. The van der Waals surface area contributed by atoms with Crippen LogP contribution in [0.15, 0.2) is 12.3 Å². The van der Waals surface area contributed by atoms with E-state index in [0.717, 1.165) is 25.7 Å². The predicted octanol–water partition coefficient (Wildman–Crippen LogP) is 2.93. The topological polar surface area (TPSA) is 45.5 Å². The Morgan fingerprint density at radius 1 is 1.45 bits per heavy atom. The smallest absolute Gasteiger partial charge is 0.270 e. The number of aliphatic hydroxyl groups is 1. The molecule has 0 aromatic carbocycles. The quantitative estimate of drug-likeness (QED) is 0.908. The molecule has 0 unspecified atom stereocenters. The van der Waals surface area contributed by atoms with Crippen LogP contribution in [0.2, 0.25) is 5.02 Å². The van der Waals surface area contributed by atoms with Gasteiger partial charge in [0.05, 0.1) is 11.6 Å². The number of rotatable bonds is 5. The van der Waals surface area contributed by atoms with Crippen molar-refractivity contribution in [3.05, 3.63) is 23.0 Å². The SMILES string of the molecule is CCn1cc(Cl)cc1C(=O)N(CCO)C1CCCCC1. The Kier molecular flexibility index (Phi) is 5.49. The third-order valence-corrected chi connectivity index (χ3v) is 4.25. The highest BCUT2D eigenvalue weighted by Crippen LogP contribution is 2.25. The lowest BCUT2D eigenvalue weighted by Crippen LogP contribution is -2.43. The molecule has 1 aliphatic carbocycles. The fourth-order valence-corrected chi connectivity index (χ4v) is 3.23. The molecule has 112 valence electrons. The van der Waals surface area contributed by atoms with Gasteiger partial charge >= 0.3 is 0 Å².